The van der Waals surface area contributed by atoms with E-state index in [2.05, 4.69) is 19.2 Å². The van der Waals surface area contributed by atoms with Gasteiger partial charge in [0.25, 0.3) is 0 Å². The predicted octanol–water partition coefficient (Wildman–Crippen LogP) is 13.8. The first-order valence-electron chi connectivity index (χ1n) is 24.4. The SMILES string of the molecule is CCCCCCCCCCCCCCCCCCCCCCCCCCCCCCCC(=O)NC(COP(=O)(O)OCC[N+](C)(C)C)C(O)CCCCCCC. The Kier molecular flexibility index (Phi) is 39.6. The number of quaternary nitrogens is 1. The van der Waals surface area contributed by atoms with Gasteiger partial charge in [0.2, 0.25) is 5.91 Å². The van der Waals surface area contributed by atoms with Gasteiger partial charge in [-0.2, -0.15) is 0 Å². The number of unbranched alkanes of at least 4 members (excludes halogenated alkanes) is 32. The second kappa shape index (κ2) is 39.9. The number of amides is 1. The molecule has 0 spiro atoms. The van der Waals surface area contributed by atoms with Gasteiger partial charge in [-0.3, -0.25) is 13.8 Å². The van der Waals surface area contributed by atoms with Crippen LogP contribution in [0.5, 0.6) is 0 Å². The van der Waals surface area contributed by atoms with Crippen LogP contribution in [0.1, 0.15) is 245 Å². The first kappa shape index (κ1) is 55.5. The van der Waals surface area contributed by atoms with E-state index in [9.17, 15) is 19.4 Å². The molecule has 0 heterocycles. The van der Waals surface area contributed by atoms with Crippen LogP contribution in [-0.2, 0) is 18.4 Å². The van der Waals surface area contributed by atoms with Gasteiger partial charge in [0, 0.05) is 6.42 Å². The summed E-state index contributed by atoms with van der Waals surface area (Å²) in [5.74, 6) is -0.146. The van der Waals surface area contributed by atoms with E-state index in [1.807, 2.05) is 21.1 Å². The molecule has 0 aromatic heterocycles. The van der Waals surface area contributed by atoms with Gasteiger partial charge in [-0.05, 0) is 12.8 Å². The van der Waals surface area contributed by atoms with E-state index in [1.165, 1.54) is 167 Å². The van der Waals surface area contributed by atoms with Gasteiger partial charge in [-0.25, -0.2) is 4.57 Å². The van der Waals surface area contributed by atoms with Crippen LogP contribution in [0.3, 0.4) is 0 Å². The van der Waals surface area contributed by atoms with Crippen molar-refractivity contribution in [2.75, 3.05) is 40.9 Å². The van der Waals surface area contributed by atoms with Gasteiger partial charge in [0.05, 0.1) is 39.9 Å². The quantitative estimate of drug-likeness (QED) is 0.0321. The van der Waals surface area contributed by atoms with E-state index in [-0.39, 0.29) is 19.1 Å². The number of aliphatic hydroxyl groups is 1. The molecule has 0 fully saturated rings. The number of phosphoric ester groups is 1. The second-order valence-corrected chi connectivity index (χ2v) is 19.7. The van der Waals surface area contributed by atoms with Crippen molar-refractivity contribution in [1.29, 1.82) is 0 Å². The minimum absolute atomic E-state index is 0.0773. The predicted molar refractivity (Wildman–Crippen MR) is 240 cm³/mol. The summed E-state index contributed by atoms with van der Waals surface area (Å²) < 4.78 is 23.4. The minimum atomic E-state index is -4.29. The number of hydrogen-bond acceptors (Lipinski definition) is 5. The number of carbonyl (C=O) groups excluding carboxylic acids is 1. The molecule has 336 valence electrons. The fourth-order valence-electron chi connectivity index (χ4n) is 7.46. The number of nitrogens with one attached hydrogen (secondary N) is 1. The van der Waals surface area contributed by atoms with Gasteiger partial charge >= 0.3 is 7.82 Å². The monoisotopic (exact) mass is 818 g/mol. The fourth-order valence-corrected chi connectivity index (χ4v) is 8.20. The molecule has 0 saturated heterocycles. The van der Waals surface area contributed by atoms with E-state index in [4.69, 9.17) is 9.05 Å². The molecule has 3 N–H and O–H groups in total. The molecule has 0 bridgehead atoms. The largest absolute Gasteiger partial charge is 0.472 e. The van der Waals surface area contributed by atoms with Crippen molar-refractivity contribution < 1.29 is 32.9 Å². The second-order valence-electron chi connectivity index (χ2n) is 18.2. The molecular weight excluding hydrogens is 719 g/mol. The molecule has 0 aliphatic rings. The molecule has 56 heavy (non-hydrogen) atoms. The number of nitrogens with zero attached hydrogens (tertiary/aromatic N) is 1. The van der Waals surface area contributed by atoms with Gasteiger partial charge in [0.15, 0.2) is 0 Å². The van der Waals surface area contributed by atoms with Crippen molar-refractivity contribution >= 4 is 13.7 Å². The molecule has 0 aliphatic heterocycles. The fraction of sp³-hybridized carbons (Fsp3) is 0.979. The van der Waals surface area contributed by atoms with Crippen LogP contribution in [0.4, 0.5) is 0 Å². The minimum Gasteiger partial charge on any atom is -0.391 e. The summed E-state index contributed by atoms with van der Waals surface area (Å²) in [7, 11) is 1.62. The Morgan fingerprint density at radius 1 is 0.536 bits per heavy atom. The summed E-state index contributed by atoms with van der Waals surface area (Å²) in [6, 6.07) is -0.750. The average Bonchev–Trinajstić information content (AvgIpc) is 3.15. The Morgan fingerprint density at radius 3 is 1.20 bits per heavy atom. The Bertz CT molecular complexity index is 885. The number of phosphoric acid groups is 1. The van der Waals surface area contributed by atoms with E-state index in [0.717, 1.165) is 51.4 Å². The van der Waals surface area contributed by atoms with Crippen molar-refractivity contribution in [3.05, 3.63) is 0 Å². The van der Waals surface area contributed by atoms with Crippen molar-refractivity contribution in [3.63, 3.8) is 0 Å². The molecule has 8 nitrogen and oxygen atoms in total. The lowest BCUT2D eigenvalue weighted by Gasteiger charge is -2.26. The lowest BCUT2D eigenvalue weighted by atomic mass is 10.0. The molecule has 0 saturated carbocycles. The lowest BCUT2D eigenvalue weighted by Crippen LogP contribution is -2.46. The molecule has 1 amide bonds. The molecule has 0 radical (unpaired) electrons. The van der Waals surface area contributed by atoms with Crippen molar-refractivity contribution in [2.45, 2.75) is 257 Å². The smallest absolute Gasteiger partial charge is 0.391 e. The Labute approximate surface area is 349 Å². The summed E-state index contributed by atoms with van der Waals surface area (Å²) in [5, 5.41) is 13.8. The highest BCUT2D eigenvalue weighted by atomic mass is 31.2. The summed E-state index contributed by atoms with van der Waals surface area (Å²) in [6.07, 6.45) is 44.9. The first-order valence-corrected chi connectivity index (χ1v) is 25.9. The molecule has 0 rings (SSSR count). The summed E-state index contributed by atoms with van der Waals surface area (Å²) in [6.45, 7) is 4.82. The molecule has 3 unspecified atom stereocenters. The number of rotatable bonds is 45. The van der Waals surface area contributed by atoms with Crippen molar-refractivity contribution in [1.82, 2.24) is 5.32 Å². The van der Waals surface area contributed by atoms with Crippen molar-refractivity contribution in [2.24, 2.45) is 0 Å². The maximum absolute atomic E-state index is 12.8. The summed E-state index contributed by atoms with van der Waals surface area (Å²) >= 11 is 0. The lowest BCUT2D eigenvalue weighted by molar-refractivity contribution is -0.870. The summed E-state index contributed by atoms with van der Waals surface area (Å²) in [4.78, 5) is 23.0. The molecular formula is C47H98N2O6P+. The van der Waals surface area contributed by atoms with E-state index < -0.39 is 20.0 Å². The van der Waals surface area contributed by atoms with Crippen LogP contribution in [-0.4, -0.2) is 73.4 Å². The van der Waals surface area contributed by atoms with Gasteiger partial charge in [-0.1, -0.05) is 226 Å². The van der Waals surface area contributed by atoms with E-state index in [1.54, 1.807) is 0 Å². The number of hydrogen-bond donors (Lipinski definition) is 3. The maximum atomic E-state index is 12.8. The van der Waals surface area contributed by atoms with Crippen molar-refractivity contribution in [3.8, 4) is 0 Å². The van der Waals surface area contributed by atoms with E-state index >= 15 is 0 Å². The molecule has 0 aliphatic carbocycles. The normalized spacial score (nSPS) is 14.2. The third kappa shape index (κ3) is 41.7. The van der Waals surface area contributed by atoms with Crippen LogP contribution >= 0.6 is 7.82 Å². The Balaban J connectivity index is 3.80. The van der Waals surface area contributed by atoms with Gasteiger partial charge in [0.1, 0.15) is 13.2 Å². The first-order chi connectivity index (χ1) is 27.0. The molecule has 0 aromatic rings. The zero-order valence-corrected chi connectivity index (χ0v) is 39.0. The zero-order valence-electron chi connectivity index (χ0n) is 38.2. The van der Waals surface area contributed by atoms with Crippen LogP contribution in [0.2, 0.25) is 0 Å². The highest BCUT2D eigenvalue weighted by Crippen LogP contribution is 2.43. The van der Waals surface area contributed by atoms with Gasteiger partial charge in [-0.15, -0.1) is 0 Å². The highest BCUT2D eigenvalue weighted by Gasteiger charge is 2.28. The third-order valence-electron chi connectivity index (χ3n) is 11.4. The maximum Gasteiger partial charge on any atom is 0.472 e. The summed E-state index contributed by atoms with van der Waals surface area (Å²) in [5.41, 5.74) is 0. The third-order valence-corrected chi connectivity index (χ3v) is 12.3. The van der Waals surface area contributed by atoms with Gasteiger partial charge < -0.3 is 19.8 Å². The number of likely N-dealkylation sites (N-methyl/N-ethyl adjacent to an activating group) is 1. The van der Waals surface area contributed by atoms with Crippen LogP contribution in [0.25, 0.3) is 0 Å². The Hall–Kier alpha value is -0.500. The standard InChI is InChI=1S/C47H97N2O6P/c1-6-8-10-12-13-14-15-16-17-18-19-20-21-22-23-24-25-26-27-28-29-30-31-32-33-34-35-37-39-41-47(51)48-45(46(50)40-38-36-11-9-7-2)44-55-56(52,53)54-43-42-49(3,4)5/h45-46,50H,6-44H2,1-5H3,(H-,48,51,52,53)/p+1. The zero-order chi connectivity index (χ0) is 41.4. The average molecular weight is 818 g/mol. The molecule has 0 aromatic carbocycles. The van der Waals surface area contributed by atoms with E-state index in [0.29, 0.717) is 23.9 Å². The Morgan fingerprint density at radius 2 is 0.857 bits per heavy atom. The topological polar surface area (TPSA) is 105 Å². The van der Waals surface area contributed by atoms with Crippen LogP contribution < -0.4 is 5.32 Å². The highest BCUT2D eigenvalue weighted by molar-refractivity contribution is 7.47. The molecule has 3 atom stereocenters. The molecule has 9 heteroatoms. The number of carbonyl (C=O) groups is 1. The van der Waals surface area contributed by atoms with Crippen LogP contribution in [0.15, 0.2) is 0 Å². The van der Waals surface area contributed by atoms with Crippen LogP contribution in [0, 0.1) is 0 Å². The number of aliphatic hydroxyl groups excluding tert-OH is 1.